The predicted octanol–water partition coefficient (Wildman–Crippen LogP) is 2.77. The Bertz CT molecular complexity index is 289. The molecule has 0 aliphatic heterocycles. The molecule has 92 valence electrons. The number of carboxylic acid groups (broad SMARTS) is 1. The van der Waals surface area contributed by atoms with Crippen LogP contribution in [0.3, 0.4) is 0 Å². The Morgan fingerprint density at radius 1 is 1.50 bits per heavy atom. The maximum Gasteiger partial charge on any atom is 0.306 e. The molecule has 0 aromatic heterocycles. The van der Waals surface area contributed by atoms with E-state index in [4.69, 9.17) is 16.1 Å². The average Bonchev–Trinajstić information content (AvgIpc) is 1.99. The van der Waals surface area contributed by atoms with Gasteiger partial charge in [-0.1, -0.05) is 20.8 Å². The largest absolute Gasteiger partial charge is 0.481 e. The molecule has 0 spiro atoms. The van der Waals surface area contributed by atoms with Crippen molar-refractivity contribution in [3.63, 3.8) is 0 Å². The molecule has 0 bridgehead atoms. The van der Waals surface area contributed by atoms with Gasteiger partial charge < -0.3 is 14.4 Å². The van der Waals surface area contributed by atoms with Crippen LogP contribution in [-0.2, 0) is 9.22 Å². The van der Waals surface area contributed by atoms with Crippen LogP contribution in [0.5, 0.6) is 0 Å². The molecule has 0 fully saturated rings. The van der Waals surface area contributed by atoms with Gasteiger partial charge in [0.05, 0.1) is 6.42 Å². The summed E-state index contributed by atoms with van der Waals surface area (Å²) in [5.74, 6) is -0.910. The van der Waals surface area contributed by atoms with Gasteiger partial charge in [0.15, 0.2) is 8.32 Å². The van der Waals surface area contributed by atoms with E-state index in [0.29, 0.717) is 0 Å². The first-order valence-electron chi connectivity index (χ1n) is 5.33. The van der Waals surface area contributed by atoms with E-state index in [1.807, 2.05) is 0 Å². The number of hydrogen-bond donors (Lipinski definition) is 1. The molecule has 0 heterocycles. The van der Waals surface area contributed by atoms with Gasteiger partial charge >= 0.3 is 5.97 Å². The van der Waals surface area contributed by atoms with E-state index in [1.54, 1.807) is 0 Å². The molecule has 16 heavy (non-hydrogen) atoms. The lowest BCUT2D eigenvalue weighted by atomic mass is 10.2. The van der Waals surface area contributed by atoms with Crippen LogP contribution in [0, 0.1) is 6.57 Å². The van der Waals surface area contributed by atoms with Crippen molar-refractivity contribution in [2.45, 2.75) is 51.4 Å². The van der Waals surface area contributed by atoms with E-state index in [0.717, 1.165) is 0 Å². The Kier molecular flexibility index (Phi) is 5.17. The quantitative estimate of drug-likeness (QED) is 0.596. The summed E-state index contributed by atoms with van der Waals surface area (Å²) in [5.41, 5.74) is 0. The number of aliphatic carboxylic acids is 1. The monoisotopic (exact) mass is 243 g/mol. The molecule has 1 N–H and O–H groups in total. The van der Waals surface area contributed by atoms with Gasteiger partial charge in [-0.3, -0.25) is 4.79 Å². The summed E-state index contributed by atoms with van der Waals surface area (Å²) in [5, 5.41) is 8.78. The van der Waals surface area contributed by atoms with Crippen molar-refractivity contribution in [1.29, 1.82) is 0 Å². The van der Waals surface area contributed by atoms with Gasteiger partial charge in [-0.2, -0.15) is 0 Å². The van der Waals surface area contributed by atoms with Gasteiger partial charge in [0.25, 0.3) is 0 Å². The van der Waals surface area contributed by atoms with Gasteiger partial charge in [0, 0.05) is 0 Å². The zero-order valence-corrected chi connectivity index (χ0v) is 11.7. The van der Waals surface area contributed by atoms with Crippen LogP contribution in [0.1, 0.15) is 27.2 Å². The summed E-state index contributed by atoms with van der Waals surface area (Å²) in [6, 6.07) is 0. The first-order chi connectivity index (χ1) is 7.10. The van der Waals surface area contributed by atoms with Crippen LogP contribution in [0.4, 0.5) is 0 Å². The highest BCUT2D eigenvalue weighted by atomic mass is 28.4. The van der Waals surface area contributed by atoms with Gasteiger partial charge in [-0.05, 0) is 18.1 Å². The minimum absolute atomic E-state index is 0.0335. The van der Waals surface area contributed by atoms with Gasteiger partial charge in [-0.15, -0.1) is 0 Å². The zero-order valence-electron chi connectivity index (χ0n) is 10.7. The van der Waals surface area contributed by atoms with Gasteiger partial charge in [-0.25, -0.2) is 6.57 Å². The van der Waals surface area contributed by atoms with Crippen molar-refractivity contribution in [3.8, 4) is 0 Å². The SMILES string of the molecule is [C-]#[N+]C[C@H](CC(=O)O)O[Si](C)(C)C(C)(C)C. The first kappa shape index (κ1) is 15.1. The Morgan fingerprint density at radius 3 is 2.31 bits per heavy atom. The van der Waals surface area contributed by atoms with Crippen LogP contribution in [0.25, 0.3) is 4.85 Å². The molecule has 1 atom stereocenters. The van der Waals surface area contributed by atoms with Crippen LogP contribution in [-0.4, -0.2) is 32.0 Å². The minimum atomic E-state index is -1.98. The van der Waals surface area contributed by atoms with E-state index in [-0.39, 0.29) is 18.0 Å². The molecule has 0 aliphatic rings. The highest BCUT2D eigenvalue weighted by molar-refractivity contribution is 6.74. The molecule has 4 nitrogen and oxygen atoms in total. The third kappa shape index (κ3) is 4.77. The second-order valence-electron chi connectivity index (χ2n) is 5.44. The molecule has 0 aromatic rings. The van der Waals surface area contributed by atoms with E-state index in [2.05, 4.69) is 38.7 Å². The second-order valence-corrected chi connectivity index (χ2v) is 10.2. The van der Waals surface area contributed by atoms with Crippen molar-refractivity contribution in [1.82, 2.24) is 0 Å². The third-order valence-corrected chi connectivity index (χ3v) is 7.50. The Balaban J connectivity index is 4.63. The number of nitrogens with zero attached hydrogens (tertiary/aromatic N) is 1. The van der Waals surface area contributed by atoms with Crippen molar-refractivity contribution in [3.05, 3.63) is 11.4 Å². The van der Waals surface area contributed by atoms with Crippen LogP contribution >= 0.6 is 0 Å². The van der Waals surface area contributed by atoms with Crippen LogP contribution in [0.15, 0.2) is 0 Å². The molecule has 0 radical (unpaired) electrons. The Hall–Kier alpha value is -0.863. The molecule has 0 aromatic carbocycles. The average molecular weight is 243 g/mol. The van der Waals surface area contributed by atoms with Crippen molar-refractivity contribution in [2.24, 2.45) is 0 Å². The molecule has 5 heteroatoms. The minimum Gasteiger partial charge on any atom is -0.481 e. The van der Waals surface area contributed by atoms with Crippen molar-refractivity contribution in [2.75, 3.05) is 6.54 Å². The zero-order chi connectivity index (χ0) is 13.0. The highest BCUT2D eigenvalue weighted by Crippen LogP contribution is 2.37. The smallest absolute Gasteiger partial charge is 0.306 e. The van der Waals surface area contributed by atoms with Crippen LogP contribution in [0.2, 0.25) is 18.1 Å². The number of carboxylic acids is 1. The first-order valence-corrected chi connectivity index (χ1v) is 8.24. The summed E-state index contributed by atoms with van der Waals surface area (Å²) in [7, 11) is -1.98. The molecule has 0 unspecified atom stereocenters. The number of rotatable bonds is 5. The molecular weight excluding hydrogens is 222 g/mol. The molecule has 0 amide bonds. The third-order valence-electron chi connectivity index (χ3n) is 2.96. The summed E-state index contributed by atoms with van der Waals surface area (Å²) in [6.07, 6.45) is -0.564. The maximum absolute atomic E-state index is 10.7. The predicted molar refractivity (Wildman–Crippen MR) is 65.8 cm³/mol. The van der Waals surface area contributed by atoms with E-state index in [9.17, 15) is 4.79 Å². The molecule has 0 rings (SSSR count). The molecular formula is C11H21NO3Si. The fraction of sp³-hybridized carbons (Fsp3) is 0.818. The molecule has 0 saturated heterocycles. The number of carbonyl (C=O) groups is 1. The molecule has 0 saturated carbocycles. The summed E-state index contributed by atoms with van der Waals surface area (Å²) in [4.78, 5) is 13.9. The normalized spacial score (nSPS) is 14.2. The van der Waals surface area contributed by atoms with E-state index < -0.39 is 20.4 Å². The summed E-state index contributed by atoms with van der Waals surface area (Å²) < 4.78 is 5.90. The topological polar surface area (TPSA) is 50.9 Å². The van der Waals surface area contributed by atoms with Gasteiger partial charge in [0.1, 0.15) is 6.10 Å². The van der Waals surface area contributed by atoms with Gasteiger partial charge in [0.2, 0.25) is 6.54 Å². The van der Waals surface area contributed by atoms with E-state index >= 15 is 0 Å². The lowest BCUT2D eigenvalue weighted by Gasteiger charge is -2.37. The number of hydrogen-bond acceptors (Lipinski definition) is 2. The lowest BCUT2D eigenvalue weighted by Crippen LogP contribution is -2.45. The van der Waals surface area contributed by atoms with Crippen molar-refractivity contribution < 1.29 is 14.3 Å². The standard InChI is InChI=1S/C11H21NO3Si/c1-11(2,3)16(5,6)15-9(8-12-4)7-10(13)14/h9H,7-8H2,1-3,5-6H3,(H,13,14)/t9-/m0/s1. The van der Waals surface area contributed by atoms with Crippen LogP contribution < -0.4 is 0 Å². The summed E-state index contributed by atoms with van der Waals surface area (Å²) in [6.45, 7) is 17.3. The second kappa shape index (κ2) is 5.46. The van der Waals surface area contributed by atoms with Crippen molar-refractivity contribution >= 4 is 14.3 Å². The Morgan fingerprint density at radius 2 is 2.00 bits per heavy atom. The lowest BCUT2D eigenvalue weighted by molar-refractivity contribution is -0.138. The maximum atomic E-state index is 10.7. The Labute approximate surface area is 98.6 Å². The fourth-order valence-corrected chi connectivity index (χ4v) is 2.38. The summed E-state index contributed by atoms with van der Waals surface area (Å²) >= 11 is 0. The van der Waals surface area contributed by atoms with E-state index in [1.165, 1.54) is 0 Å². The fourth-order valence-electron chi connectivity index (χ4n) is 1.03. The molecule has 0 aliphatic carbocycles. The highest BCUT2D eigenvalue weighted by Gasteiger charge is 2.40.